The predicted molar refractivity (Wildman–Crippen MR) is 137 cm³/mol. The minimum Gasteiger partial charge on any atom is -0.350 e. The molecule has 0 radical (unpaired) electrons. The van der Waals surface area contributed by atoms with Crippen LogP contribution in [0.4, 0.5) is 4.79 Å². The molecule has 1 saturated heterocycles. The van der Waals surface area contributed by atoms with Crippen LogP contribution in [0.5, 0.6) is 0 Å². The summed E-state index contributed by atoms with van der Waals surface area (Å²) in [6, 6.07) is 5.79. The number of carbonyl (C=O) groups excluding carboxylic acids is 1. The van der Waals surface area contributed by atoms with Gasteiger partial charge in [-0.25, -0.2) is 9.86 Å². The Morgan fingerprint density at radius 2 is 1.97 bits per heavy atom. The number of hydrogen-bond acceptors (Lipinski definition) is 4. The Hall–Kier alpha value is -1.19. The number of amides is 2. The van der Waals surface area contributed by atoms with Gasteiger partial charge in [0.15, 0.2) is 0 Å². The highest BCUT2D eigenvalue weighted by molar-refractivity contribution is 9.10. The van der Waals surface area contributed by atoms with Gasteiger partial charge >= 0.3 is 6.03 Å². The van der Waals surface area contributed by atoms with E-state index in [-0.39, 0.29) is 5.92 Å². The fourth-order valence-corrected chi connectivity index (χ4v) is 6.54. The number of aromatic nitrogens is 1. The summed E-state index contributed by atoms with van der Waals surface area (Å²) in [6.45, 7) is 4.65. The molecule has 1 aromatic carbocycles. The van der Waals surface area contributed by atoms with Gasteiger partial charge in [0.25, 0.3) is 0 Å². The molecule has 0 spiro atoms. The van der Waals surface area contributed by atoms with Gasteiger partial charge in [0.2, 0.25) is 0 Å². The predicted octanol–water partition coefficient (Wildman–Crippen LogP) is 5.88. The number of hydroxylamine groups is 2. The highest BCUT2D eigenvalue weighted by Crippen LogP contribution is 2.46. The Kier molecular flexibility index (Phi) is 8.33. The van der Waals surface area contributed by atoms with Gasteiger partial charge in [-0.1, -0.05) is 34.5 Å². The first-order valence-corrected chi connectivity index (χ1v) is 13.4. The summed E-state index contributed by atoms with van der Waals surface area (Å²) >= 11 is 13.8. The molecule has 1 aliphatic heterocycles. The summed E-state index contributed by atoms with van der Waals surface area (Å²) in [5.41, 5.74) is 10.5. The molecule has 1 aromatic heterocycles. The van der Waals surface area contributed by atoms with E-state index in [2.05, 4.69) is 48.9 Å². The van der Waals surface area contributed by atoms with E-state index in [1.165, 1.54) is 27.4 Å². The van der Waals surface area contributed by atoms with Crippen LogP contribution in [-0.4, -0.2) is 47.3 Å². The third-order valence-electron chi connectivity index (χ3n) is 6.59. The number of primary amides is 1. The number of carbonyl (C=O) groups is 1. The first-order chi connectivity index (χ1) is 15.9. The standard InChI is InChI=1S/C24H29Br2ClN4O2/c1-2-7-31(24(28)32)33-14-30-8-5-15(6-9-30)22-21-16(11-19(27)12-20(21)26)3-4-17-10-18(25)13-29-23(17)22/h10-13,15,22H,2-9,14H2,1H3,(H2,28,32)/t22-/m1/s1. The number of aryl methyl sites for hydroxylation is 2. The van der Waals surface area contributed by atoms with Crippen molar-refractivity contribution >= 4 is 49.5 Å². The van der Waals surface area contributed by atoms with E-state index < -0.39 is 6.03 Å². The first kappa shape index (κ1) is 24.9. The molecule has 33 heavy (non-hydrogen) atoms. The van der Waals surface area contributed by atoms with Crippen LogP contribution < -0.4 is 5.73 Å². The van der Waals surface area contributed by atoms with Crippen molar-refractivity contribution in [1.29, 1.82) is 0 Å². The zero-order chi connectivity index (χ0) is 23.5. The largest absolute Gasteiger partial charge is 0.350 e. The van der Waals surface area contributed by atoms with Crippen molar-refractivity contribution in [2.75, 3.05) is 26.4 Å². The van der Waals surface area contributed by atoms with Gasteiger partial charge < -0.3 is 5.73 Å². The summed E-state index contributed by atoms with van der Waals surface area (Å²) in [5, 5.41) is 2.02. The number of halogens is 3. The molecule has 2 heterocycles. The number of fused-ring (bicyclic) bond motifs is 2. The zero-order valence-corrected chi connectivity index (χ0v) is 22.6. The lowest BCUT2D eigenvalue weighted by Gasteiger charge is -2.37. The van der Waals surface area contributed by atoms with Crippen LogP contribution in [0.3, 0.4) is 0 Å². The van der Waals surface area contributed by atoms with Crippen molar-refractivity contribution in [1.82, 2.24) is 14.9 Å². The average Bonchev–Trinajstić information content (AvgIpc) is 2.93. The molecule has 2 aromatic rings. The smallest absolute Gasteiger partial charge is 0.338 e. The minimum absolute atomic E-state index is 0.211. The Balaban J connectivity index is 1.55. The minimum atomic E-state index is -0.542. The third-order valence-corrected chi connectivity index (χ3v) is 7.90. The van der Waals surface area contributed by atoms with Gasteiger partial charge in [0, 0.05) is 39.2 Å². The molecular weight excluding hydrogens is 572 g/mol. The van der Waals surface area contributed by atoms with E-state index in [1.54, 1.807) is 0 Å². The van der Waals surface area contributed by atoms with Gasteiger partial charge in [0.05, 0.1) is 12.2 Å². The molecule has 1 atom stereocenters. The molecule has 0 saturated carbocycles. The number of pyridine rings is 1. The van der Waals surface area contributed by atoms with Gasteiger partial charge in [-0.3, -0.25) is 14.7 Å². The second-order valence-electron chi connectivity index (χ2n) is 8.79. The maximum atomic E-state index is 11.5. The van der Waals surface area contributed by atoms with E-state index in [4.69, 9.17) is 27.2 Å². The van der Waals surface area contributed by atoms with E-state index >= 15 is 0 Å². The summed E-state index contributed by atoms with van der Waals surface area (Å²) in [5.74, 6) is 0.661. The Morgan fingerprint density at radius 1 is 1.24 bits per heavy atom. The van der Waals surface area contributed by atoms with E-state index in [1.807, 2.05) is 19.2 Å². The van der Waals surface area contributed by atoms with Crippen molar-refractivity contribution in [3.63, 3.8) is 0 Å². The van der Waals surface area contributed by atoms with Gasteiger partial charge in [-0.2, -0.15) is 0 Å². The first-order valence-electron chi connectivity index (χ1n) is 11.4. The summed E-state index contributed by atoms with van der Waals surface area (Å²) < 4.78 is 2.08. The molecular formula is C24H29Br2ClN4O2. The second kappa shape index (κ2) is 11.0. The second-order valence-corrected chi connectivity index (χ2v) is 11.0. The Labute approximate surface area is 217 Å². The van der Waals surface area contributed by atoms with Crippen molar-refractivity contribution in [3.8, 4) is 0 Å². The number of benzene rings is 1. The molecule has 2 amide bonds. The molecule has 9 heteroatoms. The van der Waals surface area contributed by atoms with Crippen LogP contribution in [0.1, 0.15) is 54.5 Å². The molecule has 178 valence electrons. The maximum Gasteiger partial charge on any atom is 0.338 e. The summed E-state index contributed by atoms with van der Waals surface area (Å²) in [4.78, 5) is 24.4. The monoisotopic (exact) mass is 598 g/mol. The van der Waals surface area contributed by atoms with Crippen molar-refractivity contribution < 1.29 is 9.63 Å². The fourth-order valence-electron chi connectivity index (χ4n) is 5.04. The average molecular weight is 601 g/mol. The number of hydrogen-bond donors (Lipinski definition) is 1. The van der Waals surface area contributed by atoms with Crippen LogP contribution in [-0.2, 0) is 17.7 Å². The van der Waals surface area contributed by atoms with Crippen molar-refractivity contribution in [3.05, 3.63) is 60.7 Å². The lowest BCUT2D eigenvalue weighted by molar-refractivity contribution is -0.157. The SMILES string of the molecule is CCCN(OCN1CCC([C@H]2c3ncc(Br)cc3CCc3cc(Cl)cc(Br)c32)CC1)C(N)=O. The van der Waals surface area contributed by atoms with E-state index in [0.29, 0.717) is 19.2 Å². The molecule has 1 aliphatic carbocycles. The van der Waals surface area contributed by atoms with Crippen LogP contribution in [0, 0.1) is 5.92 Å². The van der Waals surface area contributed by atoms with Crippen molar-refractivity contribution in [2.45, 2.75) is 44.9 Å². The van der Waals surface area contributed by atoms with E-state index in [9.17, 15) is 4.79 Å². The normalized spacial score (nSPS) is 19.0. The molecule has 2 N–H and O–H groups in total. The van der Waals surface area contributed by atoms with Crippen LogP contribution >= 0.6 is 43.5 Å². The number of nitrogens with two attached hydrogens (primary N) is 1. The number of urea groups is 1. The zero-order valence-electron chi connectivity index (χ0n) is 18.7. The van der Waals surface area contributed by atoms with Crippen LogP contribution in [0.15, 0.2) is 33.3 Å². The molecule has 0 bridgehead atoms. The summed E-state index contributed by atoms with van der Waals surface area (Å²) in [7, 11) is 0. The number of rotatable bonds is 6. The van der Waals surface area contributed by atoms with E-state index in [0.717, 1.165) is 59.2 Å². The fraction of sp³-hybridized carbons (Fsp3) is 0.500. The Morgan fingerprint density at radius 3 is 2.67 bits per heavy atom. The maximum absolute atomic E-state index is 11.5. The summed E-state index contributed by atoms with van der Waals surface area (Å²) in [6.07, 6.45) is 6.64. The highest BCUT2D eigenvalue weighted by Gasteiger charge is 2.35. The van der Waals surface area contributed by atoms with Crippen LogP contribution in [0.2, 0.25) is 5.02 Å². The lowest BCUT2D eigenvalue weighted by Crippen LogP contribution is -2.43. The number of likely N-dealkylation sites (tertiary alicyclic amines) is 1. The quantitative estimate of drug-likeness (QED) is 0.421. The molecule has 0 unspecified atom stereocenters. The molecule has 2 aliphatic rings. The molecule has 4 rings (SSSR count). The molecule has 6 nitrogen and oxygen atoms in total. The van der Waals surface area contributed by atoms with Gasteiger partial charge in [-0.15, -0.1) is 0 Å². The van der Waals surface area contributed by atoms with Gasteiger partial charge in [-0.05, 0) is 88.8 Å². The van der Waals surface area contributed by atoms with Crippen LogP contribution in [0.25, 0.3) is 0 Å². The number of nitrogens with zero attached hydrogens (tertiary/aromatic N) is 3. The number of piperidine rings is 1. The molecule has 1 fully saturated rings. The lowest BCUT2D eigenvalue weighted by atomic mass is 9.76. The highest BCUT2D eigenvalue weighted by atomic mass is 79.9. The Bertz CT molecular complexity index is 1010. The van der Waals surface area contributed by atoms with Crippen molar-refractivity contribution in [2.24, 2.45) is 11.7 Å². The topological polar surface area (TPSA) is 71.7 Å². The van der Waals surface area contributed by atoms with Gasteiger partial charge in [0.1, 0.15) is 6.73 Å². The third kappa shape index (κ3) is 5.73.